The van der Waals surface area contributed by atoms with E-state index in [1.807, 2.05) is 4.90 Å². The summed E-state index contributed by atoms with van der Waals surface area (Å²) in [5, 5.41) is 6.72. The summed E-state index contributed by atoms with van der Waals surface area (Å²) in [6.45, 7) is 1.19. The van der Waals surface area contributed by atoms with Crippen molar-refractivity contribution in [2.45, 2.75) is 12.5 Å². The maximum absolute atomic E-state index is 13.2. The second kappa shape index (κ2) is 9.19. The van der Waals surface area contributed by atoms with E-state index in [0.29, 0.717) is 53.7 Å². The number of hydrazone groups is 1. The highest BCUT2D eigenvalue weighted by Crippen LogP contribution is 2.41. The summed E-state index contributed by atoms with van der Waals surface area (Å²) in [6.07, 6.45) is 1.13. The van der Waals surface area contributed by atoms with Crippen LogP contribution in [0.2, 0.25) is 5.15 Å². The summed E-state index contributed by atoms with van der Waals surface area (Å²) in [4.78, 5) is 18.7. The van der Waals surface area contributed by atoms with Crippen LogP contribution in [0, 0.1) is 5.82 Å². The van der Waals surface area contributed by atoms with Gasteiger partial charge in [0.1, 0.15) is 11.0 Å². The lowest BCUT2D eigenvalue weighted by Gasteiger charge is -2.19. The van der Waals surface area contributed by atoms with Gasteiger partial charge in [-0.05, 0) is 17.7 Å². The monoisotopic (exact) mass is 448 g/mol. The van der Waals surface area contributed by atoms with Crippen LogP contribution in [0.1, 0.15) is 22.9 Å². The Hall–Kier alpha value is -1.41. The number of aromatic nitrogens is 1. The Morgan fingerprint density at radius 2 is 1.93 bits per heavy atom. The number of benzene rings is 1. The first-order valence-corrected chi connectivity index (χ1v) is 10.4. The van der Waals surface area contributed by atoms with Crippen LogP contribution in [-0.2, 0) is 4.79 Å². The number of halogens is 4. The molecule has 1 atom stereocenters. The minimum atomic E-state index is -0.352. The summed E-state index contributed by atoms with van der Waals surface area (Å²) in [5.74, 6) is 0.547. The van der Waals surface area contributed by atoms with Gasteiger partial charge in [0.15, 0.2) is 5.13 Å². The van der Waals surface area contributed by atoms with Crippen molar-refractivity contribution in [2.75, 3.05) is 29.7 Å². The van der Waals surface area contributed by atoms with Gasteiger partial charge in [-0.3, -0.25) is 4.79 Å². The molecule has 0 radical (unpaired) electrons. The molecule has 1 aromatic carbocycles. The first-order chi connectivity index (χ1) is 13.1. The standard InChI is InChI=1S/C17H16Cl3FN4OS/c18-5-7-24(8-6-19)17-22-16(20)15(27-17)14-9-13(23-25(14)10-26)11-1-3-12(21)4-2-11/h1-4,10,14H,5-9H2. The fourth-order valence-electron chi connectivity index (χ4n) is 2.80. The lowest BCUT2D eigenvalue weighted by Crippen LogP contribution is -2.27. The van der Waals surface area contributed by atoms with Gasteiger partial charge in [-0.2, -0.15) is 5.10 Å². The zero-order valence-electron chi connectivity index (χ0n) is 14.1. The maximum atomic E-state index is 13.2. The Kier molecular flexibility index (Phi) is 6.92. The predicted molar refractivity (Wildman–Crippen MR) is 109 cm³/mol. The first kappa shape index (κ1) is 20.3. The van der Waals surface area contributed by atoms with Gasteiger partial charge in [0, 0.05) is 31.3 Å². The lowest BCUT2D eigenvalue weighted by molar-refractivity contribution is -0.119. The molecule has 144 valence electrons. The molecule has 10 heteroatoms. The molecule has 0 bridgehead atoms. The molecule has 3 rings (SSSR count). The van der Waals surface area contributed by atoms with Crippen LogP contribution in [0.4, 0.5) is 9.52 Å². The molecule has 0 aliphatic carbocycles. The first-order valence-electron chi connectivity index (χ1n) is 8.17. The van der Waals surface area contributed by atoms with Crippen LogP contribution in [-0.4, -0.2) is 47.0 Å². The molecule has 1 amide bonds. The fraction of sp³-hybridized carbons (Fsp3) is 0.353. The van der Waals surface area contributed by atoms with Gasteiger partial charge in [-0.15, -0.1) is 23.2 Å². The van der Waals surface area contributed by atoms with Gasteiger partial charge in [0.05, 0.1) is 16.6 Å². The Morgan fingerprint density at radius 1 is 1.26 bits per heavy atom. The number of carbonyl (C=O) groups is 1. The summed E-state index contributed by atoms with van der Waals surface area (Å²) >= 11 is 19.5. The zero-order valence-corrected chi connectivity index (χ0v) is 17.2. The van der Waals surface area contributed by atoms with E-state index in [0.717, 1.165) is 10.4 Å². The van der Waals surface area contributed by atoms with Crippen LogP contribution in [0.15, 0.2) is 29.4 Å². The van der Waals surface area contributed by atoms with Crippen molar-refractivity contribution >= 4 is 63.4 Å². The Bertz CT molecular complexity index is 824. The van der Waals surface area contributed by atoms with E-state index in [1.54, 1.807) is 12.1 Å². The molecule has 0 saturated carbocycles. The topological polar surface area (TPSA) is 48.8 Å². The van der Waals surface area contributed by atoms with Crippen molar-refractivity contribution in [3.63, 3.8) is 0 Å². The fourth-order valence-corrected chi connectivity index (χ4v) is 4.69. The highest BCUT2D eigenvalue weighted by Gasteiger charge is 2.33. The third-order valence-electron chi connectivity index (χ3n) is 4.11. The van der Waals surface area contributed by atoms with Crippen molar-refractivity contribution in [3.05, 3.63) is 45.7 Å². The molecule has 27 heavy (non-hydrogen) atoms. The van der Waals surface area contributed by atoms with Gasteiger partial charge < -0.3 is 4.90 Å². The molecule has 0 spiro atoms. The van der Waals surface area contributed by atoms with Crippen LogP contribution in [0.5, 0.6) is 0 Å². The van der Waals surface area contributed by atoms with Gasteiger partial charge >= 0.3 is 0 Å². The number of amides is 1. The Balaban J connectivity index is 1.86. The molecule has 0 N–H and O–H groups in total. The number of thiazole rings is 1. The average Bonchev–Trinajstić information content (AvgIpc) is 3.25. The average molecular weight is 450 g/mol. The highest BCUT2D eigenvalue weighted by atomic mass is 35.5. The largest absolute Gasteiger partial charge is 0.346 e. The van der Waals surface area contributed by atoms with E-state index in [9.17, 15) is 9.18 Å². The Labute approximate surface area is 175 Å². The predicted octanol–water partition coefficient (Wildman–Crippen LogP) is 4.53. The number of rotatable bonds is 8. The van der Waals surface area contributed by atoms with E-state index in [4.69, 9.17) is 34.8 Å². The molecule has 1 aromatic heterocycles. The minimum absolute atomic E-state index is 0.324. The normalized spacial score (nSPS) is 16.5. The van der Waals surface area contributed by atoms with Crippen LogP contribution in [0.3, 0.4) is 0 Å². The number of hydrogen-bond acceptors (Lipinski definition) is 5. The molecule has 2 aromatic rings. The Morgan fingerprint density at radius 3 is 2.52 bits per heavy atom. The molecule has 0 saturated heterocycles. The molecular formula is C17H16Cl3FN4OS. The van der Waals surface area contributed by atoms with E-state index < -0.39 is 0 Å². The lowest BCUT2D eigenvalue weighted by atomic mass is 10.0. The molecule has 1 unspecified atom stereocenters. The molecule has 1 aliphatic heterocycles. The number of hydrogen-bond donors (Lipinski definition) is 0. The van der Waals surface area contributed by atoms with Crippen LogP contribution < -0.4 is 4.90 Å². The van der Waals surface area contributed by atoms with Crippen molar-refractivity contribution in [2.24, 2.45) is 5.10 Å². The summed E-state index contributed by atoms with van der Waals surface area (Å²) < 4.78 is 13.2. The molecule has 0 fully saturated rings. The number of anilines is 1. The SMILES string of the molecule is O=CN1N=C(c2ccc(F)cc2)CC1c1sc(N(CCCl)CCCl)nc1Cl. The number of alkyl halides is 2. The van der Waals surface area contributed by atoms with Gasteiger partial charge in [0.25, 0.3) is 0 Å². The summed E-state index contributed by atoms with van der Waals surface area (Å²) in [5.41, 5.74) is 1.45. The van der Waals surface area contributed by atoms with E-state index >= 15 is 0 Å². The van der Waals surface area contributed by atoms with E-state index in [-0.39, 0.29) is 11.9 Å². The third-order valence-corrected chi connectivity index (χ3v) is 6.06. The summed E-state index contributed by atoms with van der Waals surface area (Å²) in [6, 6.07) is 5.66. The van der Waals surface area contributed by atoms with Gasteiger partial charge in [-0.1, -0.05) is 35.1 Å². The number of nitrogens with zero attached hydrogens (tertiary/aromatic N) is 4. The third kappa shape index (κ3) is 4.54. The second-order valence-corrected chi connectivity index (χ2v) is 7.90. The maximum Gasteiger partial charge on any atom is 0.230 e. The van der Waals surface area contributed by atoms with Crippen molar-refractivity contribution in [1.82, 2.24) is 9.99 Å². The summed E-state index contributed by atoms with van der Waals surface area (Å²) in [7, 11) is 0. The van der Waals surface area contributed by atoms with Crippen LogP contribution >= 0.6 is 46.1 Å². The van der Waals surface area contributed by atoms with E-state index in [2.05, 4.69) is 10.1 Å². The molecule has 1 aliphatic rings. The quantitative estimate of drug-likeness (QED) is 0.439. The van der Waals surface area contributed by atoms with Gasteiger partial charge in [0.2, 0.25) is 6.41 Å². The molecule has 5 nitrogen and oxygen atoms in total. The van der Waals surface area contributed by atoms with Crippen molar-refractivity contribution in [3.8, 4) is 0 Å². The second-order valence-electron chi connectivity index (χ2n) is 5.78. The van der Waals surface area contributed by atoms with Crippen molar-refractivity contribution < 1.29 is 9.18 Å². The number of carbonyl (C=O) groups excluding carboxylic acids is 1. The van der Waals surface area contributed by atoms with E-state index in [1.165, 1.54) is 28.5 Å². The molecular weight excluding hydrogens is 434 g/mol. The smallest absolute Gasteiger partial charge is 0.230 e. The molecule has 2 heterocycles. The minimum Gasteiger partial charge on any atom is -0.346 e. The zero-order chi connectivity index (χ0) is 19.4. The van der Waals surface area contributed by atoms with Crippen LogP contribution in [0.25, 0.3) is 0 Å². The van der Waals surface area contributed by atoms with Gasteiger partial charge in [-0.25, -0.2) is 14.4 Å². The van der Waals surface area contributed by atoms with Crippen molar-refractivity contribution in [1.29, 1.82) is 0 Å². The highest BCUT2D eigenvalue weighted by molar-refractivity contribution is 7.16.